The molecule has 0 atom stereocenters. The first-order valence-corrected chi connectivity index (χ1v) is 6.43. The maximum absolute atomic E-state index is 12.1. The van der Waals surface area contributed by atoms with Crippen molar-refractivity contribution in [3.63, 3.8) is 0 Å². The van der Waals surface area contributed by atoms with Crippen LogP contribution in [0.3, 0.4) is 0 Å². The average Bonchev–Trinajstić information content (AvgIpc) is 2.79. The van der Waals surface area contributed by atoms with E-state index in [1.54, 1.807) is 17.0 Å². The SMILES string of the molecule is CCCn1nncc1C(=O)C=C1CCCCC1. The lowest BCUT2D eigenvalue weighted by Gasteiger charge is -2.12. The summed E-state index contributed by atoms with van der Waals surface area (Å²) in [6, 6.07) is 0. The van der Waals surface area contributed by atoms with Crippen molar-refractivity contribution in [2.24, 2.45) is 0 Å². The molecule has 0 saturated heterocycles. The van der Waals surface area contributed by atoms with Gasteiger partial charge in [-0.05, 0) is 38.2 Å². The maximum atomic E-state index is 12.1. The first kappa shape index (κ1) is 12.0. The fourth-order valence-corrected chi connectivity index (χ4v) is 2.24. The summed E-state index contributed by atoms with van der Waals surface area (Å²) in [4.78, 5) is 12.1. The van der Waals surface area contributed by atoms with Gasteiger partial charge in [-0.3, -0.25) is 4.79 Å². The highest BCUT2D eigenvalue weighted by atomic mass is 16.1. The van der Waals surface area contributed by atoms with Crippen LogP contribution in [0.4, 0.5) is 0 Å². The van der Waals surface area contributed by atoms with E-state index in [-0.39, 0.29) is 5.78 Å². The van der Waals surface area contributed by atoms with Gasteiger partial charge in [0.25, 0.3) is 0 Å². The van der Waals surface area contributed by atoms with E-state index in [1.165, 1.54) is 24.8 Å². The Morgan fingerprint density at radius 3 is 2.88 bits per heavy atom. The molecular weight excluding hydrogens is 214 g/mol. The number of carbonyl (C=O) groups is 1. The van der Waals surface area contributed by atoms with Gasteiger partial charge in [0.1, 0.15) is 5.69 Å². The third-order valence-electron chi connectivity index (χ3n) is 3.14. The van der Waals surface area contributed by atoms with Gasteiger partial charge >= 0.3 is 0 Å². The zero-order valence-electron chi connectivity index (χ0n) is 10.4. The molecule has 17 heavy (non-hydrogen) atoms. The number of ketones is 1. The Morgan fingerprint density at radius 2 is 2.18 bits per heavy atom. The van der Waals surface area contributed by atoms with Crippen LogP contribution in [0, 0.1) is 0 Å². The molecule has 1 aliphatic carbocycles. The number of hydrogen-bond acceptors (Lipinski definition) is 3. The molecule has 1 aromatic rings. The first-order chi connectivity index (χ1) is 8.31. The molecule has 0 aromatic carbocycles. The fourth-order valence-electron chi connectivity index (χ4n) is 2.24. The summed E-state index contributed by atoms with van der Waals surface area (Å²) in [5.74, 6) is 0.0559. The Morgan fingerprint density at radius 1 is 1.41 bits per heavy atom. The normalized spacial score (nSPS) is 15.9. The lowest BCUT2D eigenvalue weighted by molar-refractivity contribution is 0.103. The fraction of sp³-hybridized carbons (Fsp3) is 0.615. The smallest absolute Gasteiger partial charge is 0.205 e. The molecule has 0 amide bonds. The number of rotatable bonds is 4. The van der Waals surface area contributed by atoms with Crippen molar-refractivity contribution in [2.45, 2.75) is 52.0 Å². The highest BCUT2D eigenvalue weighted by Crippen LogP contribution is 2.23. The minimum absolute atomic E-state index is 0.0559. The Balaban J connectivity index is 2.10. The molecule has 0 N–H and O–H groups in total. The first-order valence-electron chi connectivity index (χ1n) is 6.43. The molecule has 1 aromatic heterocycles. The molecule has 0 bridgehead atoms. The van der Waals surface area contributed by atoms with Gasteiger partial charge in [0.15, 0.2) is 0 Å². The number of aryl methyl sites for hydroxylation is 1. The van der Waals surface area contributed by atoms with E-state index in [0.717, 1.165) is 25.8 Å². The molecule has 0 aliphatic heterocycles. The van der Waals surface area contributed by atoms with E-state index in [2.05, 4.69) is 17.2 Å². The van der Waals surface area contributed by atoms with Crippen molar-refractivity contribution in [3.8, 4) is 0 Å². The maximum Gasteiger partial charge on any atom is 0.205 e. The molecule has 0 unspecified atom stereocenters. The van der Waals surface area contributed by atoms with Crippen molar-refractivity contribution >= 4 is 5.78 Å². The lowest BCUT2D eigenvalue weighted by atomic mass is 9.94. The molecule has 4 heteroatoms. The topological polar surface area (TPSA) is 47.8 Å². The Labute approximate surface area is 102 Å². The van der Waals surface area contributed by atoms with Crippen molar-refractivity contribution in [2.75, 3.05) is 0 Å². The highest BCUT2D eigenvalue weighted by Gasteiger charge is 2.13. The predicted octanol–water partition coefficient (Wildman–Crippen LogP) is 2.76. The van der Waals surface area contributed by atoms with E-state index < -0.39 is 0 Å². The molecular formula is C13H19N3O. The predicted molar refractivity (Wildman–Crippen MR) is 65.8 cm³/mol. The van der Waals surface area contributed by atoms with Gasteiger partial charge in [-0.25, -0.2) is 4.68 Å². The summed E-state index contributed by atoms with van der Waals surface area (Å²) in [6.07, 6.45) is 10.2. The molecule has 1 aliphatic rings. The van der Waals surface area contributed by atoms with Crippen molar-refractivity contribution < 1.29 is 4.79 Å². The number of nitrogens with zero attached hydrogens (tertiary/aromatic N) is 3. The highest BCUT2D eigenvalue weighted by molar-refractivity contribution is 6.03. The van der Waals surface area contributed by atoms with Gasteiger partial charge in [-0.1, -0.05) is 24.1 Å². The van der Waals surface area contributed by atoms with E-state index in [1.807, 2.05) is 0 Å². The second kappa shape index (κ2) is 5.75. The number of carbonyl (C=O) groups excluding carboxylic acids is 1. The van der Waals surface area contributed by atoms with Crippen LogP contribution in [0.5, 0.6) is 0 Å². The van der Waals surface area contributed by atoms with Gasteiger partial charge in [-0.15, -0.1) is 5.10 Å². The summed E-state index contributed by atoms with van der Waals surface area (Å²) in [5, 5.41) is 7.75. The van der Waals surface area contributed by atoms with Crippen LogP contribution in [0.15, 0.2) is 17.8 Å². The van der Waals surface area contributed by atoms with Crippen molar-refractivity contribution in [3.05, 3.63) is 23.5 Å². The zero-order valence-corrected chi connectivity index (χ0v) is 10.4. The summed E-state index contributed by atoms with van der Waals surface area (Å²) in [6.45, 7) is 2.82. The molecule has 0 radical (unpaired) electrons. The van der Waals surface area contributed by atoms with Gasteiger partial charge < -0.3 is 0 Å². The van der Waals surface area contributed by atoms with Crippen LogP contribution >= 0.6 is 0 Å². The second-order valence-corrected chi connectivity index (χ2v) is 4.57. The van der Waals surface area contributed by atoms with E-state index in [0.29, 0.717) is 5.69 Å². The zero-order chi connectivity index (χ0) is 12.1. The summed E-state index contributed by atoms with van der Waals surface area (Å²) in [5.41, 5.74) is 1.90. The molecule has 1 saturated carbocycles. The molecule has 1 heterocycles. The lowest BCUT2D eigenvalue weighted by Crippen LogP contribution is -2.09. The molecule has 1 fully saturated rings. The van der Waals surface area contributed by atoms with E-state index in [9.17, 15) is 4.79 Å². The Kier molecular flexibility index (Phi) is 4.07. The van der Waals surface area contributed by atoms with Crippen LogP contribution < -0.4 is 0 Å². The summed E-state index contributed by atoms with van der Waals surface area (Å²) < 4.78 is 1.70. The minimum Gasteiger partial charge on any atom is -0.287 e. The minimum atomic E-state index is 0.0559. The third-order valence-corrected chi connectivity index (χ3v) is 3.14. The average molecular weight is 233 g/mol. The van der Waals surface area contributed by atoms with E-state index in [4.69, 9.17) is 0 Å². The number of hydrogen-bond donors (Lipinski definition) is 0. The van der Waals surface area contributed by atoms with Crippen LogP contribution in [-0.4, -0.2) is 20.8 Å². The van der Waals surface area contributed by atoms with Gasteiger partial charge in [-0.2, -0.15) is 0 Å². The van der Waals surface area contributed by atoms with Crippen LogP contribution in [0.25, 0.3) is 0 Å². The van der Waals surface area contributed by atoms with Crippen LogP contribution in [0.1, 0.15) is 55.9 Å². The Hall–Kier alpha value is -1.45. The van der Waals surface area contributed by atoms with Gasteiger partial charge in [0, 0.05) is 6.54 Å². The van der Waals surface area contributed by atoms with Crippen LogP contribution in [0.2, 0.25) is 0 Å². The monoisotopic (exact) mass is 233 g/mol. The molecule has 2 rings (SSSR count). The van der Waals surface area contributed by atoms with Crippen molar-refractivity contribution in [1.82, 2.24) is 15.0 Å². The third kappa shape index (κ3) is 3.02. The van der Waals surface area contributed by atoms with Gasteiger partial charge in [0.2, 0.25) is 5.78 Å². The van der Waals surface area contributed by atoms with Gasteiger partial charge in [0.05, 0.1) is 6.20 Å². The largest absolute Gasteiger partial charge is 0.287 e. The van der Waals surface area contributed by atoms with E-state index >= 15 is 0 Å². The summed E-state index contributed by atoms with van der Waals surface area (Å²) >= 11 is 0. The quantitative estimate of drug-likeness (QED) is 0.593. The van der Waals surface area contributed by atoms with Crippen LogP contribution in [-0.2, 0) is 6.54 Å². The Bertz CT molecular complexity index is 412. The summed E-state index contributed by atoms with van der Waals surface area (Å²) in [7, 11) is 0. The number of aromatic nitrogens is 3. The second-order valence-electron chi connectivity index (χ2n) is 4.57. The number of allylic oxidation sites excluding steroid dienone is 2. The molecule has 92 valence electrons. The standard InChI is InChI=1S/C13H19N3O/c1-2-8-16-12(10-14-15-16)13(17)9-11-6-4-3-5-7-11/h9-10H,2-8H2,1H3. The van der Waals surface area contributed by atoms with Crippen molar-refractivity contribution in [1.29, 1.82) is 0 Å². The molecule has 4 nitrogen and oxygen atoms in total. The molecule has 0 spiro atoms.